The van der Waals surface area contributed by atoms with Gasteiger partial charge in [0, 0.05) is 19.8 Å². The molecule has 0 aromatic carbocycles. The molecule has 18 heavy (non-hydrogen) atoms. The molecule has 0 aromatic heterocycles. The van der Waals surface area contributed by atoms with E-state index in [9.17, 15) is 0 Å². The van der Waals surface area contributed by atoms with Crippen LogP contribution < -0.4 is 0 Å². The lowest BCUT2D eigenvalue weighted by atomic mass is 10.4. The van der Waals surface area contributed by atoms with Gasteiger partial charge in [-0.05, 0) is 19.3 Å². The maximum absolute atomic E-state index is 5.79. The Morgan fingerprint density at radius 1 is 0.722 bits per heavy atom. The van der Waals surface area contributed by atoms with Gasteiger partial charge in [0.2, 0.25) is 0 Å². The molecule has 0 aliphatic carbocycles. The average Bonchev–Trinajstić information content (AvgIpc) is 2.39. The number of hydrogen-bond acceptors (Lipinski definition) is 4. The normalized spacial score (nSPS) is 12.0. The van der Waals surface area contributed by atoms with Gasteiger partial charge in [0.15, 0.2) is 10.5 Å². The van der Waals surface area contributed by atoms with Crippen LogP contribution in [-0.4, -0.2) is 39.4 Å². The molecule has 0 amide bonds. The molecule has 0 aliphatic heterocycles. The van der Waals surface area contributed by atoms with Crippen LogP contribution >= 0.6 is 0 Å². The molecule has 0 aliphatic rings. The minimum absolute atomic E-state index is 0.652. The molecule has 0 bridgehead atoms. The quantitative estimate of drug-likeness (QED) is 0.386. The second-order valence-electron chi connectivity index (χ2n) is 4.25. The molecule has 0 saturated heterocycles. The van der Waals surface area contributed by atoms with Gasteiger partial charge in [0.25, 0.3) is 0 Å². The number of rotatable bonds is 13. The van der Waals surface area contributed by atoms with Crippen molar-refractivity contribution in [2.75, 3.05) is 19.8 Å². The summed E-state index contributed by atoms with van der Waals surface area (Å²) in [5.74, 6) is 0. The van der Waals surface area contributed by atoms with E-state index >= 15 is 0 Å². The predicted octanol–water partition coefficient (Wildman–Crippen LogP) is 2.44. The molecule has 0 saturated carbocycles. The van der Waals surface area contributed by atoms with Crippen molar-refractivity contribution in [3.8, 4) is 0 Å². The van der Waals surface area contributed by atoms with E-state index in [-0.39, 0.29) is 0 Å². The fourth-order valence-corrected chi connectivity index (χ4v) is 3.71. The van der Waals surface area contributed by atoms with Crippen molar-refractivity contribution >= 4 is 19.5 Å². The highest BCUT2D eigenvalue weighted by molar-refractivity contribution is 6.57. The maximum atomic E-state index is 5.79. The Labute approximate surface area is 116 Å². The highest BCUT2D eigenvalue weighted by Crippen LogP contribution is 2.13. The second-order valence-corrected chi connectivity index (χ2v) is 7.27. The Balaban J connectivity index is 4.20. The van der Waals surface area contributed by atoms with Gasteiger partial charge in [-0.1, -0.05) is 40.0 Å². The summed E-state index contributed by atoms with van der Waals surface area (Å²) in [5.41, 5.74) is 0. The van der Waals surface area contributed by atoms with Crippen LogP contribution in [0.1, 0.15) is 59.3 Å². The van der Waals surface area contributed by atoms with Crippen molar-refractivity contribution in [3.63, 3.8) is 0 Å². The van der Waals surface area contributed by atoms with Crippen LogP contribution in [-0.2, 0) is 17.4 Å². The van der Waals surface area contributed by atoms with Crippen molar-refractivity contribution in [2.45, 2.75) is 59.3 Å². The summed E-state index contributed by atoms with van der Waals surface area (Å²) in [4.78, 5) is 0. The third-order valence-corrected chi connectivity index (χ3v) is 5.59. The van der Waals surface area contributed by atoms with Gasteiger partial charge < -0.3 is 17.4 Å². The van der Waals surface area contributed by atoms with Gasteiger partial charge in [-0.2, -0.15) is 0 Å². The van der Waals surface area contributed by atoms with Crippen molar-refractivity contribution in [1.29, 1.82) is 0 Å². The van der Waals surface area contributed by atoms with E-state index in [4.69, 9.17) is 17.4 Å². The summed E-state index contributed by atoms with van der Waals surface area (Å²) in [5, 5.41) is 0. The van der Waals surface area contributed by atoms with Crippen molar-refractivity contribution < 1.29 is 17.4 Å². The van der Waals surface area contributed by atoms with Gasteiger partial charge in [-0.3, -0.25) is 0 Å². The molecule has 0 rings (SSSR count). The largest absolute Gasteiger partial charge is 0.668 e. The van der Waals surface area contributed by atoms with E-state index in [2.05, 4.69) is 20.8 Å². The lowest BCUT2D eigenvalue weighted by Crippen LogP contribution is -2.49. The molecule has 109 valence electrons. The lowest BCUT2D eigenvalue weighted by molar-refractivity contribution is 0.000565. The van der Waals surface area contributed by atoms with Gasteiger partial charge in [-0.25, -0.2) is 0 Å². The van der Waals surface area contributed by atoms with Gasteiger partial charge in [0.1, 0.15) is 0 Å². The van der Waals surface area contributed by atoms with E-state index in [0.29, 0.717) is 19.8 Å². The summed E-state index contributed by atoms with van der Waals surface area (Å²) < 4.78 is 22.9. The van der Waals surface area contributed by atoms with E-state index in [1.807, 2.05) is 0 Å². The molecular formula is C12H29O4Si2. The van der Waals surface area contributed by atoms with Crippen LogP contribution in [0.25, 0.3) is 0 Å². The van der Waals surface area contributed by atoms with Crippen LogP contribution in [0.2, 0.25) is 0 Å². The highest BCUT2D eigenvalue weighted by Gasteiger charge is 2.43. The Kier molecular flexibility index (Phi) is 12.5. The van der Waals surface area contributed by atoms with E-state index < -0.39 is 9.05 Å². The Morgan fingerprint density at radius 2 is 1.06 bits per heavy atom. The molecule has 1 radical (unpaired) electrons. The molecule has 0 fully saturated rings. The minimum atomic E-state index is -2.87. The number of unbranched alkanes of at least 4 members (excludes halogenated alkanes) is 3. The zero-order chi connectivity index (χ0) is 13.7. The predicted molar refractivity (Wildman–Crippen MR) is 78.0 cm³/mol. The van der Waals surface area contributed by atoms with Crippen LogP contribution in [0.4, 0.5) is 0 Å². The lowest BCUT2D eigenvalue weighted by Gasteiger charge is -2.27. The standard InChI is InChI=1S/C12H29O4Si2/c1-4-7-10-13-18(16-17,14-11-8-5-2)15-12-9-6-3/h4-12,17H2,1-3H3. The fraction of sp³-hybridized carbons (Fsp3) is 1.00. The van der Waals surface area contributed by atoms with E-state index in [1.54, 1.807) is 0 Å². The summed E-state index contributed by atoms with van der Waals surface area (Å²) in [6, 6.07) is 0. The first-order chi connectivity index (χ1) is 8.74. The Morgan fingerprint density at radius 3 is 1.28 bits per heavy atom. The smallest absolute Gasteiger partial charge is 0.400 e. The molecule has 0 unspecified atom stereocenters. The fourth-order valence-electron chi connectivity index (χ4n) is 1.27. The van der Waals surface area contributed by atoms with E-state index in [0.717, 1.165) is 38.5 Å². The van der Waals surface area contributed by atoms with Crippen molar-refractivity contribution in [1.82, 2.24) is 0 Å². The second kappa shape index (κ2) is 12.3. The topological polar surface area (TPSA) is 36.9 Å². The van der Waals surface area contributed by atoms with Gasteiger partial charge in [-0.15, -0.1) is 0 Å². The summed E-state index contributed by atoms with van der Waals surface area (Å²) in [7, 11) is -1.45. The molecular weight excluding hydrogens is 264 g/mol. The van der Waals surface area contributed by atoms with Gasteiger partial charge >= 0.3 is 9.05 Å². The monoisotopic (exact) mass is 293 g/mol. The molecule has 0 N–H and O–H groups in total. The van der Waals surface area contributed by atoms with Crippen LogP contribution in [0, 0.1) is 0 Å². The summed E-state index contributed by atoms with van der Waals surface area (Å²) >= 11 is 0. The highest BCUT2D eigenvalue weighted by atomic mass is 28.4. The molecule has 0 heterocycles. The van der Waals surface area contributed by atoms with E-state index in [1.165, 1.54) is 10.5 Å². The zero-order valence-electron chi connectivity index (χ0n) is 12.2. The molecule has 6 heteroatoms. The Bertz CT molecular complexity index is 155. The summed E-state index contributed by atoms with van der Waals surface area (Å²) in [6.07, 6.45) is 6.32. The third-order valence-electron chi connectivity index (χ3n) is 2.51. The minimum Gasteiger partial charge on any atom is -0.400 e. The summed E-state index contributed by atoms with van der Waals surface area (Å²) in [6.45, 7) is 8.36. The SMILES string of the molecule is CCCCO[Si](O[SiH2])(OCCCC)OCCCC. The Hall–Kier alpha value is 0.274. The molecule has 0 spiro atoms. The zero-order valence-corrected chi connectivity index (χ0v) is 14.6. The first kappa shape index (κ1) is 18.3. The first-order valence-corrected chi connectivity index (χ1v) is 9.30. The van der Waals surface area contributed by atoms with Crippen LogP contribution in [0.5, 0.6) is 0 Å². The first-order valence-electron chi connectivity index (χ1n) is 7.09. The van der Waals surface area contributed by atoms with Gasteiger partial charge in [0.05, 0.1) is 0 Å². The third kappa shape index (κ3) is 8.39. The molecule has 0 atom stereocenters. The van der Waals surface area contributed by atoms with Crippen LogP contribution in [0.3, 0.4) is 0 Å². The van der Waals surface area contributed by atoms with Crippen molar-refractivity contribution in [2.24, 2.45) is 0 Å². The molecule has 4 nitrogen and oxygen atoms in total. The van der Waals surface area contributed by atoms with Crippen LogP contribution in [0.15, 0.2) is 0 Å². The number of hydrogen-bond donors (Lipinski definition) is 0. The average molecular weight is 294 g/mol. The maximum Gasteiger partial charge on any atom is 0.668 e. The molecule has 0 aromatic rings. The van der Waals surface area contributed by atoms with Crippen molar-refractivity contribution in [3.05, 3.63) is 0 Å².